The Morgan fingerprint density at radius 1 is 1.20 bits per heavy atom. The van der Waals surface area contributed by atoms with E-state index in [1.165, 1.54) is 5.57 Å². The maximum atomic E-state index is 12.8. The summed E-state index contributed by atoms with van der Waals surface area (Å²) in [4.78, 5) is 18.9. The Labute approximate surface area is 148 Å². The Morgan fingerprint density at radius 2 is 2.00 bits per heavy atom. The molecule has 1 amide bonds. The molecule has 0 unspecified atom stereocenters. The minimum absolute atomic E-state index is 0.0530. The standard InChI is InChI=1S/C21H24N2O2/c1-15-7-9-23(10-8-15)20(24)17-6-4-5-16(11-17)18-12-19(14-22-13-18)21(2,3)25/h4-7,11-14,25H,8-10H2,1-3H3. The number of hydrogen-bond acceptors (Lipinski definition) is 3. The summed E-state index contributed by atoms with van der Waals surface area (Å²) in [5.74, 6) is 0.0530. The summed E-state index contributed by atoms with van der Waals surface area (Å²) in [5, 5.41) is 10.2. The van der Waals surface area contributed by atoms with Crippen LogP contribution < -0.4 is 0 Å². The molecule has 1 aromatic heterocycles. The van der Waals surface area contributed by atoms with Crippen molar-refractivity contribution in [1.29, 1.82) is 0 Å². The minimum Gasteiger partial charge on any atom is -0.386 e. The zero-order valence-corrected chi connectivity index (χ0v) is 15.0. The van der Waals surface area contributed by atoms with Gasteiger partial charge in [0.05, 0.1) is 5.60 Å². The highest BCUT2D eigenvalue weighted by molar-refractivity contribution is 5.95. The molecule has 0 spiro atoms. The van der Waals surface area contributed by atoms with Gasteiger partial charge in [-0.1, -0.05) is 23.8 Å². The van der Waals surface area contributed by atoms with Crippen LogP contribution in [0.2, 0.25) is 0 Å². The second-order valence-corrected chi connectivity index (χ2v) is 7.15. The van der Waals surface area contributed by atoms with Gasteiger partial charge in [-0.3, -0.25) is 9.78 Å². The van der Waals surface area contributed by atoms with E-state index in [1.54, 1.807) is 26.2 Å². The molecule has 0 fully saturated rings. The fourth-order valence-electron chi connectivity index (χ4n) is 2.90. The number of aromatic nitrogens is 1. The Morgan fingerprint density at radius 3 is 2.68 bits per heavy atom. The summed E-state index contributed by atoms with van der Waals surface area (Å²) in [6.45, 7) is 7.01. The molecule has 130 valence electrons. The fourth-order valence-corrected chi connectivity index (χ4v) is 2.90. The normalized spacial score (nSPS) is 15.0. The molecule has 4 heteroatoms. The van der Waals surface area contributed by atoms with Crippen molar-refractivity contribution in [3.05, 3.63) is 65.5 Å². The van der Waals surface area contributed by atoms with Gasteiger partial charge in [-0.15, -0.1) is 0 Å². The van der Waals surface area contributed by atoms with E-state index in [9.17, 15) is 9.90 Å². The van der Waals surface area contributed by atoms with Crippen LogP contribution in [0.25, 0.3) is 11.1 Å². The SMILES string of the molecule is CC1=CCN(C(=O)c2cccc(-c3cncc(C(C)(C)O)c3)c2)CC1. The third kappa shape index (κ3) is 3.97. The Bertz CT molecular complexity index is 819. The molecule has 0 aliphatic carbocycles. The molecule has 1 N–H and O–H groups in total. The van der Waals surface area contributed by atoms with Crippen LogP contribution >= 0.6 is 0 Å². The smallest absolute Gasteiger partial charge is 0.254 e. The van der Waals surface area contributed by atoms with Crippen LogP contribution in [0, 0.1) is 0 Å². The predicted molar refractivity (Wildman–Crippen MR) is 99.2 cm³/mol. The van der Waals surface area contributed by atoms with Crippen molar-refractivity contribution in [2.24, 2.45) is 0 Å². The lowest BCUT2D eigenvalue weighted by molar-refractivity contribution is 0.0766. The largest absolute Gasteiger partial charge is 0.386 e. The van der Waals surface area contributed by atoms with Crippen LogP contribution in [0.1, 0.15) is 43.1 Å². The molecule has 0 bridgehead atoms. The molecular weight excluding hydrogens is 312 g/mol. The monoisotopic (exact) mass is 336 g/mol. The molecule has 0 radical (unpaired) electrons. The van der Waals surface area contributed by atoms with Crippen LogP contribution in [0.4, 0.5) is 0 Å². The number of hydrogen-bond donors (Lipinski definition) is 1. The molecule has 1 aliphatic heterocycles. The van der Waals surface area contributed by atoms with Gasteiger partial charge in [0.2, 0.25) is 0 Å². The van der Waals surface area contributed by atoms with Gasteiger partial charge in [0.15, 0.2) is 0 Å². The maximum Gasteiger partial charge on any atom is 0.254 e. The highest BCUT2D eigenvalue weighted by Crippen LogP contribution is 2.26. The Balaban J connectivity index is 1.88. The van der Waals surface area contributed by atoms with E-state index in [2.05, 4.69) is 18.0 Å². The van der Waals surface area contributed by atoms with E-state index in [0.717, 1.165) is 29.7 Å². The van der Waals surface area contributed by atoms with E-state index < -0.39 is 5.60 Å². The van der Waals surface area contributed by atoms with Crippen LogP contribution in [-0.4, -0.2) is 34.0 Å². The molecule has 4 nitrogen and oxygen atoms in total. The highest BCUT2D eigenvalue weighted by Gasteiger charge is 2.19. The third-order valence-electron chi connectivity index (χ3n) is 4.61. The number of rotatable bonds is 3. The van der Waals surface area contributed by atoms with Gasteiger partial charge in [0.25, 0.3) is 5.91 Å². The molecular formula is C21H24N2O2. The summed E-state index contributed by atoms with van der Waals surface area (Å²) >= 11 is 0. The molecule has 0 saturated heterocycles. The Kier molecular flexibility index (Phi) is 4.73. The van der Waals surface area contributed by atoms with Gasteiger partial charge in [0, 0.05) is 42.2 Å². The van der Waals surface area contributed by atoms with Crippen LogP contribution in [0.5, 0.6) is 0 Å². The van der Waals surface area contributed by atoms with E-state index in [-0.39, 0.29) is 5.91 Å². The van der Waals surface area contributed by atoms with Gasteiger partial charge < -0.3 is 10.0 Å². The zero-order valence-electron chi connectivity index (χ0n) is 15.0. The van der Waals surface area contributed by atoms with Gasteiger partial charge in [-0.05, 0) is 51.0 Å². The quantitative estimate of drug-likeness (QED) is 0.868. The van der Waals surface area contributed by atoms with Crippen molar-refractivity contribution in [3.8, 4) is 11.1 Å². The van der Waals surface area contributed by atoms with E-state index in [4.69, 9.17) is 0 Å². The molecule has 1 aliphatic rings. The lowest BCUT2D eigenvalue weighted by Crippen LogP contribution is -2.34. The number of benzene rings is 1. The van der Waals surface area contributed by atoms with Gasteiger partial charge in [0.1, 0.15) is 0 Å². The maximum absolute atomic E-state index is 12.8. The zero-order chi connectivity index (χ0) is 18.0. The average Bonchev–Trinajstić information content (AvgIpc) is 2.61. The third-order valence-corrected chi connectivity index (χ3v) is 4.61. The lowest BCUT2D eigenvalue weighted by atomic mass is 9.96. The second-order valence-electron chi connectivity index (χ2n) is 7.15. The first kappa shape index (κ1) is 17.4. The van der Waals surface area contributed by atoms with Crippen molar-refractivity contribution in [2.45, 2.75) is 32.8 Å². The number of aliphatic hydroxyl groups is 1. The summed E-state index contributed by atoms with van der Waals surface area (Å²) in [5.41, 5.74) is 3.63. The lowest BCUT2D eigenvalue weighted by Gasteiger charge is -2.25. The van der Waals surface area contributed by atoms with Crippen molar-refractivity contribution in [2.75, 3.05) is 13.1 Å². The number of amides is 1. The summed E-state index contributed by atoms with van der Waals surface area (Å²) in [6.07, 6.45) is 6.47. The Hall–Kier alpha value is -2.46. The van der Waals surface area contributed by atoms with Gasteiger partial charge in [-0.2, -0.15) is 0 Å². The van der Waals surface area contributed by atoms with E-state index >= 15 is 0 Å². The molecule has 1 aromatic carbocycles. The first-order valence-electron chi connectivity index (χ1n) is 8.58. The highest BCUT2D eigenvalue weighted by atomic mass is 16.3. The van der Waals surface area contributed by atoms with Crippen LogP contribution in [-0.2, 0) is 5.60 Å². The number of carbonyl (C=O) groups excluding carboxylic acids is 1. The van der Waals surface area contributed by atoms with Crippen molar-refractivity contribution >= 4 is 5.91 Å². The molecule has 2 heterocycles. The first-order chi connectivity index (χ1) is 11.8. The van der Waals surface area contributed by atoms with Gasteiger partial charge in [-0.25, -0.2) is 0 Å². The van der Waals surface area contributed by atoms with Crippen molar-refractivity contribution in [1.82, 2.24) is 9.88 Å². The fraction of sp³-hybridized carbons (Fsp3) is 0.333. The average molecular weight is 336 g/mol. The molecule has 25 heavy (non-hydrogen) atoms. The van der Waals surface area contributed by atoms with Crippen LogP contribution in [0.3, 0.4) is 0 Å². The number of nitrogens with zero attached hydrogens (tertiary/aromatic N) is 2. The molecule has 0 atom stereocenters. The second kappa shape index (κ2) is 6.81. The van der Waals surface area contributed by atoms with E-state index in [0.29, 0.717) is 12.1 Å². The molecule has 3 rings (SSSR count). The van der Waals surface area contributed by atoms with Crippen LogP contribution in [0.15, 0.2) is 54.4 Å². The molecule has 2 aromatic rings. The predicted octanol–water partition coefficient (Wildman–Crippen LogP) is 3.77. The number of pyridine rings is 1. The summed E-state index contributed by atoms with van der Waals surface area (Å²) < 4.78 is 0. The molecule has 0 saturated carbocycles. The van der Waals surface area contributed by atoms with Crippen molar-refractivity contribution in [3.63, 3.8) is 0 Å². The van der Waals surface area contributed by atoms with E-state index in [1.807, 2.05) is 35.2 Å². The first-order valence-corrected chi connectivity index (χ1v) is 8.58. The van der Waals surface area contributed by atoms with Gasteiger partial charge >= 0.3 is 0 Å². The van der Waals surface area contributed by atoms with Crippen molar-refractivity contribution < 1.29 is 9.90 Å². The number of carbonyl (C=O) groups is 1. The topological polar surface area (TPSA) is 53.4 Å². The summed E-state index contributed by atoms with van der Waals surface area (Å²) in [6, 6.07) is 9.53. The minimum atomic E-state index is -0.950. The summed E-state index contributed by atoms with van der Waals surface area (Å²) in [7, 11) is 0.